The number of carbonyl (C=O) groups excluding carboxylic acids is 2. The minimum Gasteiger partial charge on any atom is -0.451 e. The smallest absolute Gasteiger partial charge is 0.355 e. The quantitative estimate of drug-likeness (QED) is 0.829. The zero-order chi connectivity index (χ0) is 14.5. The molecule has 0 radical (unpaired) electrons. The van der Waals surface area contributed by atoms with E-state index in [9.17, 15) is 9.59 Å². The second-order valence-electron chi connectivity index (χ2n) is 5.60. The van der Waals surface area contributed by atoms with Gasteiger partial charge < -0.3 is 15.0 Å². The van der Waals surface area contributed by atoms with E-state index in [1.54, 1.807) is 18.3 Å². The van der Waals surface area contributed by atoms with Gasteiger partial charge in [0.25, 0.3) is 5.91 Å². The number of amides is 1. The van der Waals surface area contributed by atoms with Crippen molar-refractivity contribution in [2.45, 2.75) is 39.2 Å². The van der Waals surface area contributed by atoms with Gasteiger partial charge >= 0.3 is 5.97 Å². The van der Waals surface area contributed by atoms with Crippen molar-refractivity contribution in [3.63, 3.8) is 0 Å². The van der Waals surface area contributed by atoms with Crippen LogP contribution in [-0.4, -0.2) is 29.5 Å². The number of carbonyl (C=O) groups is 2. The van der Waals surface area contributed by atoms with Crippen molar-refractivity contribution in [1.82, 2.24) is 10.3 Å². The molecule has 1 amide bonds. The van der Waals surface area contributed by atoms with Crippen LogP contribution in [0.15, 0.2) is 18.3 Å². The molecular formula is C15H22N2O3. The van der Waals surface area contributed by atoms with E-state index in [1.807, 2.05) is 0 Å². The molecule has 3 atom stereocenters. The molecule has 110 valence electrons. The zero-order valence-electron chi connectivity index (χ0n) is 12.0. The molecule has 1 aromatic heterocycles. The summed E-state index contributed by atoms with van der Waals surface area (Å²) in [5, 5.41) is 2.97. The number of rotatable bonds is 4. The lowest BCUT2D eigenvalue weighted by Gasteiger charge is -2.34. The molecule has 2 N–H and O–H groups in total. The van der Waals surface area contributed by atoms with Crippen LogP contribution in [0.2, 0.25) is 0 Å². The monoisotopic (exact) mass is 278 g/mol. The van der Waals surface area contributed by atoms with Crippen LogP contribution < -0.4 is 5.32 Å². The Bertz CT molecular complexity index is 456. The Morgan fingerprint density at radius 2 is 2.20 bits per heavy atom. The number of ether oxygens (including phenoxy) is 1. The van der Waals surface area contributed by atoms with E-state index < -0.39 is 5.97 Å². The Labute approximate surface area is 119 Å². The average molecular weight is 278 g/mol. The van der Waals surface area contributed by atoms with Gasteiger partial charge in [-0.05, 0) is 30.4 Å². The van der Waals surface area contributed by atoms with E-state index in [4.69, 9.17) is 4.74 Å². The maximum atomic E-state index is 11.8. The molecule has 1 fully saturated rings. The first-order chi connectivity index (χ1) is 9.58. The van der Waals surface area contributed by atoms with Crippen LogP contribution in [0.4, 0.5) is 0 Å². The van der Waals surface area contributed by atoms with Gasteiger partial charge in [-0.2, -0.15) is 0 Å². The molecule has 1 heterocycles. The summed E-state index contributed by atoms with van der Waals surface area (Å²) in [6.07, 6.45) is 5.00. The molecule has 5 heteroatoms. The fourth-order valence-electron chi connectivity index (χ4n) is 2.70. The van der Waals surface area contributed by atoms with Crippen molar-refractivity contribution in [1.29, 1.82) is 0 Å². The van der Waals surface area contributed by atoms with Gasteiger partial charge in [0.05, 0.1) is 0 Å². The highest BCUT2D eigenvalue weighted by Crippen LogP contribution is 2.29. The zero-order valence-corrected chi connectivity index (χ0v) is 12.0. The molecular weight excluding hydrogens is 256 g/mol. The standard InChI is InChI=1S/C15H22N2O3/c1-10-5-3-6-12(11(10)2)17-14(18)9-20-15(19)13-7-4-8-16-13/h4,7-8,10-12,16H,3,5-6,9H2,1-2H3,(H,17,18)/t10-,11-,12-/m1/s1. The van der Waals surface area contributed by atoms with Crippen molar-refractivity contribution in [2.24, 2.45) is 11.8 Å². The van der Waals surface area contributed by atoms with Crippen LogP contribution in [0.5, 0.6) is 0 Å². The fraction of sp³-hybridized carbons (Fsp3) is 0.600. The summed E-state index contributed by atoms with van der Waals surface area (Å²) in [4.78, 5) is 26.2. The highest BCUT2D eigenvalue weighted by Gasteiger charge is 2.28. The lowest BCUT2D eigenvalue weighted by molar-refractivity contribution is -0.125. The van der Waals surface area contributed by atoms with Gasteiger partial charge in [0.2, 0.25) is 0 Å². The van der Waals surface area contributed by atoms with E-state index in [0.717, 1.165) is 12.8 Å². The maximum Gasteiger partial charge on any atom is 0.355 e. The second kappa shape index (κ2) is 6.59. The summed E-state index contributed by atoms with van der Waals surface area (Å²) < 4.78 is 4.97. The summed E-state index contributed by atoms with van der Waals surface area (Å²) in [6.45, 7) is 4.16. The molecule has 0 saturated heterocycles. The van der Waals surface area contributed by atoms with Gasteiger partial charge in [0, 0.05) is 12.2 Å². The van der Waals surface area contributed by atoms with Gasteiger partial charge in [-0.15, -0.1) is 0 Å². The Hall–Kier alpha value is -1.78. The van der Waals surface area contributed by atoms with Crippen molar-refractivity contribution >= 4 is 11.9 Å². The summed E-state index contributed by atoms with van der Waals surface area (Å²) in [6, 6.07) is 3.52. The third-order valence-corrected chi connectivity index (χ3v) is 4.21. The number of hydrogen-bond donors (Lipinski definition) is 2. The normalized spacial score (nSPS) is 26.0. The third-order valence-electron chi connectivity index (χ3n) is 4.21. The van der Waals surface area contributed by atoms with Crippen molar-refractivity contribution in [3.8, 4) is 0 Å². The predicted octanol–water partition coefficient (Wildman–Crippen LogP) is 2.11. The minimum absolute atomic E-state index is 0.190. The van der Waals surface area contributed by atoms with Crippen LogP contribution in [0.3, 0.4) is 0 Å². The molecule has 0 aromatic carbocycles. The van der Waals surface area contributed by atoms with Gasteiger partial charge in [0.1, 0.15) is 5.69 Å². The van der Waals surface area contributed by atoms with E-state index in [0.29, 0.717) is 17.5 Å². The summed E-state index contributed by atoms with van der Waals surface area (Å²) in [5.74, 6) is 0.355. The SMILES string of the molecule is C[C@@H]1[C@H](C)CCC[C@H]1NC(=O)COC(=O)c1ccc[nH]1. The molecule has 0 spiro atoms. The van der Waals surface area contributed by atoms with Crippen LogP contribution in [-0.2, 0) is 9.53 Å². The van der Waals surface area contributed by atoms with Gasteiger partial charge in [0.15, 0.2) is 6.61 Å². The van der Waals surface area contributed by atoms with Crippen LogP contribution in [0, 0.1) is 11.8 Å². The topological polar surface area (TPSA) is 71.2 Å². The Morgan fingerprint density at radius 3 is 2.90 bits per heavy atom. The number of hydrogen-bond acceptors (Lipinski definition) is 3. The number of esters is 1. The van der Waals surface area contributed by atoms with Crippen LogP contribution >= 0.6 is 0 Å². The highest BCUT2D eigenvalue weighted by atomic mass is 16.5. The lowest BCUT2D eigenvalue weighted by Crippen LogP contribution is -2.45. The summed E-state index contributed by atoms with van der Waals surface area (Å²) in [7, 11) is 0. The highest BCUT2D eigenvalue weighted by molar-refractivity contribution is 5.89. The van der Waals surface area contributed by atoms with Crippen LogP contribution in [0.1, 0.15) is 43.6 Å². The molecule has 1 saturated carbocycles. The molecule has 1 aliphatic rings. The third kappa shape index (κ3) is 3.62. The Morgan fingerprint density at radius 1 is 1.40 bits per heavy atom. The van der Waals surface area contributed by atoms with Crippen molar-refractivity contribution in [2.75, 3.05) is 6.61 Å². The largest absolute Gasteiger partial charge is 0.451 e. The number of aromatic amines is 1. The minimum atomic E-state index is -0.504. The molecule has 0 bridgehead atoms. The van der Waals surface area contributed by atoms with E-state index in [1.165, 1.54) is 6.42 Å². The molecule has 1 aliphatic carbocycles. The molecule has 2 rings (SSSR count). The van der Waals surface area contributed by atoms with E-state index in [2.05, 4.69) is 24.1 Å². The summed E-state index contributed by atoms with van der Waals surface area (Å²) >= 11 is 0. The van der Waals surface area contributed by atoms with Gasteiger partial charge in [-0.3, -0.25) is 4.79 Å². The van der Waals surface area contributed by atoms with E-state index in [-0.39, 0.29) is 18.6 Å². The number of aromatic nitrogens is 1. The van der Waals surface area contributed by atoms with E-state index >= 15 is 0 Å². The first-order valence-corrected chi connectivity index (χ1v) is 7.18. The van der Waals surface area contributed by atoms with Crippen LogP contribution in [0.25, 0.3) is 0 Å². The van der Waals surface area contributed by atoms with Gasteiger partial charge in [-0.1, -0.05) is 26.7 Å². The average Bonchev–Trinajstić information content (AvgIpc) is 2.95. The van der Waals surface area contributed by atoms with Crippen molar-refractivity contribution < 1.29 is 14.3 Å². The van der Waals surface area contributed by atoms with Crippen molar-refractivity contribution in [3.05, 3.63) is 24.0 Å². The fourth-order valence-corrected chi connectivity index (χ4v) is 2.70. The lowest BCUT2D eigenvalue weighted by atomic mass is 9.78. The molecule has 5 nitrogen and oxygen atoms in total. The Kier molecular flexibility index (Phi) is 4.82. The first-order valence-electron chi connectivity index (χ1n) is 7.18. The molecule has 1 aromatic rings. The molecule has 0 aliphatic heterocycles. The number of nitrogens with one attached hydrogen (secondary N) is 2. The number of H-pyrrole nitrogens is 1. The van der Waals surface area contributed by atoms with Gasteiger partial charge in [-0.25, -0.2) is 4.79 Å². The second-order valence-corrected chi connectivity index (χ2v) is 5.60. The predicted molar refractivity (Wildman–Crippen MR) is 75.2 cm³/mol. The molecule has 20 heavy (non-hydrogen) atoms. The molecule has 0 unspecified atom stereocenters. The summed E-state index contributed by atoms with van der Waals surface area (Å²) in [5.41, 5.74) is 0.359. The first kappa shape index (κ1) is 14.6. The Balaban J connectivity index is 1.76. The maximum absolute atomic E-state index is 11.8.